The fraction of sp³-hybridized carbons (Fsp3) is 0.231. The van der Waals surface area contributed by atoms with Gasteiger partial charge in [0.15, 0.2) is 15.0 Å². The minimum Gasteiger partial charge on any atom is -0.298 e. The highest BCUT2D eigenvalue weighted by Crippen LogP contribution is 2.30. The molecule has 11 heteroatoms. The number of aryl methyl sites for hydroxylation is 1. The average molecular weight is 387 g/mol. The van der Waals surface area contributed by atoms with Crippen LogP contribution in [0.15, 0.2) is 27.3 Å². The predicted octanol–water partition coefficient (Wildman–Crippen LogP) is 2.74. The van der Waals surface area contributed by atoms with Crippen LogP contribution in [0.3, 0.4) is 0 Å². The molecule has 0 atom stereocenters. The maximum Gasteiger partial charge on any atom is 0.271 e. The minimum absolute atomic E-state index is 0.122. The quantitative estimate of drug-likeness (QED) is 0.476. The van der Waals surface area contributed by atoms with Crippen LogP contribution >= 0.6 is 23.1 Å². The van der Waals surface area contributed by atoms with E-state index in [0.29, 0.717) is 5.13 Å². The number of aromatic nitrogens is 1. The molecule has 0 saturated heterocycles. The summed E-state index contributed by atoms with van der Waals surface area (Å²) in [5.41, 5.74) is 0.171. The van der Waals surface area contributed by atoms with Gasteiger partial charge in [-0.15, -0.1) is 11.8 Å². The second kappa shape index (κ2) is 6.87. The summed E-state index contributed by atoms with van der Waals surface area (Å²) < 4.78 is 24.3. The molecule has 0 saturated carbocycles. The van der Waals surface area contributed by atoms with Crippen LogP contribution in [0, 0.1) is 17.0 Å². The monoisotopic (exact) mass is 387 g/mol. The SMILES string of the molecule is CSc1sc(NC(=O)c2cc([N+](=O)[O-])cc(S(C)(=O)=O)c2)nc1C. The van der Waals surface area contributed by atoms with Gasteiger partial charge in [-0.05, 0) is 19.2 Å². The first kappa shape index (κ1) is 18.4. The van der Waals surface area contributed by atoms with Crippen molar-refractivity contribution in [2.24, 2.45) is 0 Å². The molecule has 1 amide bonds. The zero-order valence-corrected chi connectivity index (χ0v) is 15.3. The van der Waals surface area contributed by atoms with Crippen molar-refractivity contribution in [1.82, 2.24) is 4.98 Å². The molecule has 1 N–H and O–H groups in total. The highest BCUT2D eigenvalue weighted by molar-refractivity contribution is 8.00. The van der Waals surface area contributed by atoms with Crippen molar-refractivity contribution < 1.29 is 18.1 Å². The predicted molar refractivity (Wildman–Crippen MR) is 92.8 cm³/mol. The number of nitrogens with zero attached hydrogens (tertiary/aromatic N) is 2. The van der Waals surface area contributed by atoms with Gasteiger partial charge in [-0.2, -0.15) is 0 Å². The summed E-state index contributed by atoms with van der Waals surface area (Å²) >= 11 is 2.76. The molecule has 1 aromatic carbocycles. The van der Waals surface area contributed by atoms with E-state index in [1.165, 1.54) is 23.1 Å². The van der Waals surface area contributed by atoms with Gasteiger partial charge in [0, 0.05) is 24.0 Å². The Kier molecular flexibility index (Phi) is 5.26. The topological polar surface area (TPSA) is 119 Å². The van der Waals surface area contributed by atoms with Gasteiger partial charge in [-0.1, -0.05) is 11.3 Å². The fourth-order valence-electron chi connectivity index (χ4n) is 1.83. The van der Waals surface area contributed by atoms with Gasteiger partial charge in [-0.25, -0.2) is 13.4 Å². The molecule has 0 unspecified atom stereocenters. The van der Waals surface area contributed by atoms with Crippen LogP contribution < -0.4 is 5.32 Å². The van der Waals surface area contributed by atoms with Gasteiger partial charge in [0.1, 0.15) is 0 Å². The van der Waals surface area contributed by atoms with Crippen LogP contribution in [-0.2, 0) is 9.84 Å². The van der Waals surface area contributed by atoms with E-state index < -0.39 is 26.4 Å². The number of amides is 1. The summed E-state index contributed by atoms with van der Waals surface area (Å²) in [6, 6.07) is 3.05. The molecular weight excluding hydrogens is 374 g/mol. The largest absolute Gasteiger partial charge is 0.298 e. The number of hydrogen-bond acceptors (Lipinski definition) is 8. The van der Waals surface area contributed by atoms with E-state index in [0.717, 1.165) is 34.4 Å². The number of thiazole rings is 1. The van der Waals surface area contributed by atoms with Crippen molar-refractivity contribution in [2.45, 2.75) is 16.0 Å². The highest BCUT2D eigenvalue weighted by Gasteiger charge is 2.20. The number of non-ortho nitro benzene ring substituents is 1. The number of thioether (sulfide) groups is 1. The molecule has 128 valence electrons. The Bertz CT molecular complexity index is 921. The first-order valence-corrected chi connectivity index (χ1v) is 10.4. The Labute approximate surface area is 146 Å². The van der Waals surface area contributed by atoms with E-state index in [1.807, 2.05) is 6.26 Å². The Balaban J connectivity index is 2.40. The number of benzene rings is 1. The third kappa shape index (κ3) is 4.10. The molecule has 1 aromatic heterocycles. The standard InChI is InChI=1S/C13H13N3O5S3/c1-7-12(22-2)23-13(14-7)15-11(17)8-4-9(16(18)19)6-10(5-8)24(3,20)21/h4-6H,1-3H3,(H,14,15,17). The van der Waals surface area contributed by atoms with E-state index in [2.05, 4.69) is 10.3 Å². The lowest BCUT2D eigenvalue weighted by molar-refractivity contribution is -0.385. The Morgan fingerprint density at radius 3 is 2.54 bits per heavy atom. The summed E-state index contributed by atoms with van der Waals surface area (Å²) in [4.78, 5) is 26.4. The number of nitrogens with one attached hydrogen (secondary N) is 1. The molecule has 2 rings (SSSR count). The van der Waals surface area contributed by atoms with Gasteiger partial charge in [-0.3, -0.25) is 20.2 Å². The molecule has 0 aliphatic rings. The number of rotatable bonds is 5. The smallest absolute Gasteiger partial charge is 0.271 e. The number of hydrogen-bond donors (Lipinski definition) is 1. The number of sulfone groups is 1. The van der Waals surface area contributed by atoms with Crippen LogP contribution in [0.25, 0.3) is 0 Å². The van der Waals surface area contributed by atoms with E-state index in [9.17, 15) is 23.3 Å². The molecule has 0 spiro atoms. The number of carbonyl (C=O) groups excluding carboxylic acids is 1. The summed E-state index contributed by atoms with van der Waals surface area (Å²) in [6.07, 6.45) is 2.80. The zero-order valence-electron chi connectivity index (χ0n) is 12.9. The van der Waals surface area contributed by atoms with Crippen LogP contribution in [0.1, 0.15) is 16.1 Å². The first-order valence-electron chi connectivity index (χ1n) is 6.44. The molecular formula is C13H13N3O5S3. The van der Waals surface area contributed by atoms with Crippen molar-refractivity contribution in [1.29, 1.82) is 0 Å². The normalized spacial score (nSPS) is 11.3. The zero-order chi connectivity index (χ0) is 18.1. The van der Waals surface area contributed by atoms with E-state index >= 15 is 0 Å². The highest BCUT2D eigenvalue weighted by atomic mass is 32.2. The molecule has 8 nitrogen and oxygen atoms in total. The Morgan fingerprint density at radius 2 is 2.04 bits per heavy atom. The summed E-state index contributed by atoms with van der Waals surface area (Å²) in [7, 11) is -3.70. The number of carbonyl (C=O) groups is 1. The van der Waals surface area contributed by atoms with Gasteiger partial charge in [0.2, 0.25) is 0 Å². The van der Waals surface area contributed by atoms with E-state index in [-0.39, 0.29) is 10.5 Å². The molecule has 0 aliphatic heterocycles. The average Bonchev–Trinajstić information content (AvgIpc) is 2.85. The molecule has 0 radical (unpaired) electrons. The molecule has 24 heavy (non-hydrogen) atoms. The van der Waals surface area contributed by atoms with Gasteiger partial charge in [0.25, 0.3) is 11.6 Å². The summed E-state index contributed by atoms with van der Waals surface area (Å²) in [6.45, 7) is 1.80. The van der Waals surface area contributed by atoms with Crippen molar-refractivity contribution >= 4 is 49.7 Å². The number of nitro benzene ring substituents is 1. The second-order valence-corrected chi connectivity index (χ2v) is 8.88. The Morgan fingerprint density at radius 1 is 1.38 bits per heavy atom. The fourth-order valence-corrected chi connectivity index (χ4v) is 4.11. The molecule has 0 fully saturated rings. The molecule has 2 aromatic rings. The molecule has 0 aliphatic carbocycles. The van der Waals surface area contributed by atoms with Crippen molar-refractivity contribution in [2.75, 3.05) is 17.8 Å². The Hall–Kier alpha value is -1.98. The van der Waals surface area contributed by atoms with Crippen LogP contribution in [0.4, 0.5) is 10.8 Å². The number of nitro groups is 1. The summed E-state index contributed by atoms with van der Waals surface area (Å²) in [5.74, 6) is -0.662. The lowest BCUT2D eigenvalue weighted by Crippen LogP contribution is -2.13. The minimum atomic E-state index is -3.70. The summed E-state index contributed by atoms with van der Waals surface area (Å²) in [5, 5.41) is 13.8. The van der Waals surface area contributed by atoms with E-state index in [1.54, 1.807) is 6.92 Å². The van der Waals surface area contributed by atoms with Crippen molar-refractivity contribution in [3.8, 4) is 0 Å². The van der Waals surface area contributed by atoms with Crippen LogP contribution in [0.2, 0.25) is 0 Å². The van der Waals surface area contributed by atoms with Crippen LogP contribution in [0.5, 0.6) is 0 Å². The van der Waals surface area contributed by atoms with Crippen LogP contribution in [-0.4, -0.2) is 36.7 Å². The lowest BCUT2D eigenvalue weighted by Gasteiger charge is -2.05. The third-order valence-corrected chi connectivity index (χ3v) is 6.33. The van der Waals surface area contributed by atoms with Gasteiger partial charge >= 0.3 is 0 Å². The van der Waals surface area contributed by atoms with Crippen molar-refractivity contribution in [3.63, 3.8) is 0 Å². The lowest BCUT2D eigenvalue weighted by atomic mass is 10.2. The van der Waals surface area contributed by atoms with E-state index in [4.69, 9.17) is 0 Å². The van der Waals surface area contributed by atoms with Gasteiger partial charge < -0.3 is 0 Å². The molecule has 0 bridgehead atoms. The molecule has 1 heterocycles. The second-order valence-electron chi connectivity index (χ2n) is 4.79. The van der Waals surface area contributed by atoms with Crippen molar-refractivity contribution in [3.05, 3.63) is 39.6 Å². The maximum absolute atomic E-state index is 12.3. The first-order chi connectivity index (χ1) is 11.1. The maximum atomic E-state index is 12.3. The van der Waals surface area contributed by atoms with Gasteiger partial charge in [0.05, 0.1) is 19.7 Å². The number of anilines is 1. The third-order valence-electron chi connectivity index (χ3n) is 2.95.